The van der Waals surface area contributed by atoms with Gasteiger partial charge in [-0.25, -0.2) is 4.68 Å². The first-order chi connectivity index (χ1) is 10.2. The first-order valence-electron chi connectivity index (χ1n) is 7.07. The molecule has 0 saturated heterocycles. The molecule has 1 fully saturated rings. The van der Waals surface area contributed by atoms with E-state index < -0.39 is 0 Å². The highest BCUT2D eigenvalue weighted by molar-refractivity contribution is 5.92. The smallest absolute Gasteiger partial charge is 0.238 e. The van der Waals surface area contributed by atoms with Crippen molar-refractivity contribution in [3.8, 4) is 5.69 Å². The molecular weight excluding hydrogens is 268 g/mol. The molecule has 1 saturated carbocycles. The van der Waals surface area contributed by atoms with E-state index >= 15 is 0 Å². The number of aryl methyl sites for hydroxylation is 1. The van der Waals surface area contributed by atoms with Gasteiger partial charge in [-0.05, 0) is 60.4 Å². The maximum absolute atomic E-state index is 11.9. The Morgan fingerprint density at radius 2 is 2.29 bits per heavy atom. The van der Waals surface area contributed by atoms with E-state index in [0.29, 0.717) is 6.54 Å². The predicted octanol–water partition coefficient (Wildman–Crippen LogP) is 0.909. The van der Waals surface area contributed by atoms with Crippen LogP contribution in [-0.4, -0.2) is 39.2 Å². The molecule has 0 aliphatic heterocycles. The van der Waals surface area contributed by atoms with Crippen molar-refractivity contribution in [2.45, 2.75) is 19.8 Å². The summed E-state index contributed by atoms with van der Waals surface area (Å²) in [5, 5.41) is 17.2. The number of hydrogen-bond donors (Lipinski definition) is 2. The zero-order valence-corrected chi connectivity index (χ0v) is 11.9. The Morgan fingerprint density at radius 3 is 3.00 bits per heavy atom. The van der Waals surface area contributed by atoms with Crippen molar-refractivity contribution >= 4 is 11.6 Å². The first kappa shape index (κ1) is 13.7. The van der Waals surface area contributed by atoms with Crippen molar-refractivity contribution < 1.29 is 4.79 Å². The molecule has 110 valence electrons. The van der Waals surface area contributed by atoms with Gasteiger partial charge in [0.1, 0.15) is 6.33 Å². The van der Waals surface area contributed by atoms with E-state index in [2.05, 4.69) is 26.2 Å². The highest BCUT2D eigenvalue weighted by Crippen LogP contribution is 2.27. The number of nitrogens with one attached hydrogen (secondary N) is 2. The van der Waals surface area contributed by atoms with Crippen LogP contribution in [0.1, 0.15) is 18.4 Å². The van der Waals surface area contributed by atoms with Crippen LogP contribution in [0.15, 0.2) is 24.5 Å². The summed E-state index contributed by atoms with van der Waals surface area (Å²) >= 11 is 0. The summed E-state index contributed by atoms with van der Waals surface area (Å²) in [5.74, 6) is 0.728. The molecule has 2 aromatic rings. The van der Waals surface area contributed by atoms with Crippen molar-refractivity contribution in [2.75, 3.05) is 18.4 Å². The van der Waals surface area contributed by atoms with Crippen LogP contribution in [0.5, 0.6) is 0 Å². The van der Waals surface area contributed by atoms with Gasteiger partial charge in [-0.1, -0.05) is 6.07 Å². The average molecular weight is 286 g/mol. The molecule has 0 atom stereocenters. The molecule has 0 unspecified atom stereocenters. The lowest BCUT2D eigenvalue weighted by atomic mass is 10.2. The fraction of sp³-hybridized carbons (Fsp3) is 0.429. The second kappa shape index (κ2) is 6.01. The van der Waals surface area contributed by atoms with Crippen LogP contribution in [0.2, 0.25) is 0 Å². The highest BCUT2D eigenvalue weighted by Gasteiger charge is 2.20. The van der Waals surface area contributed by atoms with Gasteiger partial charge in [-0.3, -0.25) is 4.79 Å². The van der Waals surface area contributed by atoms with Crippen LogP contribution >= 0.6 is 0 Å². The summed E-state index contributed by atoms with van der Waals surface area (Å²) in [7, 11) is 0. The van der Waals surface area contributed by atoms with Crippen molar-refractivity contribution in [3.63, 3.8) is 0 Å². The molecule has 0 bridgehead atoms. The maximum Gasteiger partial charge on any atom is 0.238 e. The Hall–Kier alpha value is -2.28. The van der Waals surface area contributed by atoms with Gasteiger partial charge in [0.15, 0.2) is 0 Å². The number of aromatic nitrogens is 4. The summed E-state index contributed by atoms with van der Waals surface area (Å²) in [6.07, 6.45) is 4.09. The molecule has 21 heavy (non-hydrogen) atoms. The molecule has 1 aromatic heterocycles. The van der Waals surface area contributed by atoms with Gasteiger partial charge in [0.2, 0.25) is 5.91 Å². The standard InChI is InChI=1S/C14H18N6O/c1-10-2-5-12(6-13(10)20-9-16-18-19-20)17-14(21)8-15-7-11-3-4-11/h2,5-6,9,11,15H,3-4,7-8H2,1H3,(H,17,21). The van der Waals surface area contributed by atoms with Gasteiger partial charge >= 0.3 is 0 Å². The van der Waals surface area contributed by atoms with Gasteiger partial charge in [-0.15, -0.1) is 5.10 Å². The van der Waals surface area contributed by atoms with E-state index in [1.165, 1.54) is 19.2 Å². The number of anilines is 1. The monoisotopic (exact) mass is 286 g/mol. The van der Waals surface area contributed by atoms with Crippen LogP contribution in [0.25, 0.3) is 5.69 Å². The Kier molecular flexibility index (Phi) is 3.92. The van der Waals surface area contributed by atoms with Crippen molar-refractivity contribution in [1.82, 2.24) is 25.5 Å². The quantitative estimate of drug-likeness (QED) is 0.824. The number of tetrazole rings is 1. The van der Waals surface area contributed by atoms with Crippen molar-refractivity contribution in [2.24, 2.45) is 5.92 Å². The largest absolute Gasteiger partial charge is 0.325 e. The van der Waals surface area contributed by atoms with E-state index in [1.807, 2.05) is 25.1 Å². The van der Waals surface area contributed by atoms with Crippen LogP contribution in [-0.2, 0) is 4.79 Å². The van der Waals surface area contributed by atoms with Crippen LogP contribution < -0.4 is 10.6 Å². The predicted molar refractivity (Wildman–Crippen MR) is 78.1 cm³/mol. The minimum absolute atomic E-state index is 0.0397. The number of benzene rings is 1. The van der Waals surface area contributed by atoms with Gasteiger partial charge < -0.3 is 10.6 Å². The van der Waals surface area contributed by atoms with E-state index in [1.54, 1.807) is 4.68 Å². The Balaban J connectivity index is 1.62. The zero-order chi connectivity index (χ0) is 14.7. The summed E-state index contributed by atoms with van der Waals surface area (Å²) < 4.78 is 1.58. The fourth-order valence-corrected chi connectivity index (χ4v) is 2.12. The highest BCUT2D eigenvalue weighted by atomic mass is 16.1. The van der Waals surface area contributed by atoms with Gasteiger partial charge in [0.05, 0.1) is 12.2 Å². The summed E-state index contributed by atoms with van der Waals surface area (Å²) in [4.78, 5) is 11.9. The summed E-state index contributed by atoms with van der Waals surface area (Å²) in [6, 6.07) is 5.68. The molecule has 3 rings (SSSR count). The van der Waals surface area contributed by atoms with Crippen LogP contribution in [0, 0.1) is 12.8 Å². The number of carbonyl (C=O) groups is 1. The molecule has 7 nitrogen and oxygen atoms in total. The first-order valence-corrected chi connectivity index (χ1v) is 7.07. The second-order valence-corrected chi connectivity index (χ2v) is 5.38. The Bertz CT molecular complexity index is 620. The minimum atomic E-state index is -0.0397. The molecule has 0 spiro atoms. The van der Waals surface area contributed by atoms with Crippen LogP contribution in [0.3, 0.4) is 0 Å². The average Bonchev–Trinajstić information content (AvgIpc) is 3.13. The fourth-order valence-electron chi connectivity index (χ4n) is 2.12. The van der Waals surface area contributed by atoms with E-state index in [9.17, 15) is 4.79 Å². The van der Waals surface area contributed by atoms with E-state index in [0.717, 1.165) is 29.4 Å². The Morgan fingerprint density at radius 1 is 1.43 bits per heavy atom. The Labute approximate surface area is 122 Å². The summed E-state index contributed by atoms with van der Waals surface area (Å²) in [5.41, 5.74) is 2.63. The molecule has 7 heteroatoms. The lowest BCUT2D eigenvalue weighted by Crippen LogP contribution is -2.29. The number of carbonyl (C=O) groups excluding carboxylic acids is 1. The number of hydrogen-bond acceptors (Lipinski definition) is 5. The van der Waals surface area contributed by atoms with Gasteiger partial charge in [-0.2, -0.15) is 0 Å². The molecule has 1 aliphatic rings. The molecule has 1 aliphatic carbocycles. The number of rotatable bonds is 6. The molecule has 0 radical (unpaired) electrons. The van der Waals surface area contributed by atoms with E-state index in [-0.39, 0.29) is 5.91 Å². The zero-order valence-electron chi connectivity index (χ0n) is 11.9. The molecule has 1 aromatic carbocycles. The van der Waals surface area contributed by atoms with Gasteiger partial charge in [0.25, 0.3) is 0 Å². The normalized spacial score (nSPS) is 14.1. The third-order valence-electron chi connectivity index (χ3n) is 3.50. The third kappa shape index (κ3) is 3.63. The number of nitrogens with zero attached hydrogens (tertiary/aromatic N) is 4. The van der Waals surface area contributed by atoms with E-state index in [4.69, 9.17) is 0 Å². The molecule has 2 N–H and O–H groups in total. The van der Waals surface area contributed by atoms with Gasteiger partial charge in [0, 0.05) is 5.69 Å². The van der Waals surface area contributed by atoms with Crippen LogP contribution in [0.4, 0.5) is 5.69 Å². The SMILES string of the molecule is Cc1ccc(NC(=O)CNCC2CC2)cc1-n1cnnn1. The molecular formula is C14H18N6O. The second-order valence-electron chi connectivity index (χ2n) is 5.38. The lowest BCUT2D eigenvalue weighted by Gasteiger charge is -2.10. The lowest BCUT2D eigenvalue weighted by molar-refractivity contribution is -0.115. The number of amides is 1. The summed E-state index contributed by atoms with van der Waals surface area (Å²) in [6.45, 7) is 3.24. The van der Waals surface area contributed by atoms with Crippen molar-refractivity contribution in [1.29, 1.82) is 0 Å². The third-order valence-corrected chi connectivity index (χ3v) is 3.50. The molecule has 1 heterocycles. The van der Waals surface area contributed by atoms with Crippen molar-refractivity contribution in [3.05, 3.63) is 30.1 Å². The topological polar surface area (TPSA) is 84.7 Å². The molecule has 1 amide bonds. The maximum atomic E-state index is 11.9. The minimum Gasteiger partial charge on any atom is -0.325 e.